The molecular formula is C21H30N2O4. The highest BCUT2D eigenvalue weighted by molar-refractivity contribution is 5.82. The van der Waals surface area contributed by atoms with E-state index in [0.717, 1.165) is 17.4 Å². The Labute approximate surface area is 161 Å². The topological polar surface area (TPSA) is 69.2 Å². The summed E-state index contributed by atoms with van der Waals surface area (Å²) in [5, 5.41) is 7.07. The predicted octanol–water partition coefficient (Wildman–Crippen LogP) is 3.38. The number of amides is 1. The molecule has 2 aliphatic rings. The highest BCUT2D eigenvalue weighted by atomic mass is 16.6. The van der Waals surface area contributed by atoms with Gasteiger partial charge in [-0.1, -0.05) is 11.6 Å². The molecule has 148 valence electrons. The van der Waals surface area contributed by atoms with E-state index >= 15 is 0 Å². The molecule has 2 saturated carbocycles. The molecule has 0 saturated heterocycles. The van der Waals surface area contributed by atoms with Gasteiger partial charge in [0.2, 0.25) is 6.10 Å². The van der Waals surface area contributed by atoms with Crippen molar-refractivity contribution in [1.82, 2.24) is 5.32 Å². The first kappa shape index (κ1) is 19.5. The number of carbonyl (C=O) groups is 1. The van der Waals surface area contributed by atoms with Crippen molar-refractivity contribution in [3.05, 3.63) is 23.8 Å². The summed E-state index contributed by atoms with van der Waals surface area (Å²) in [7, 11) is 3.17. The van der Waals surface area contributed by atoms with Crippen LogP contribution in [0.2, 0.25) is 0 Å². The summed E-state index contributed by atoms with van der Waals surface area (Å²) in [5.74, 6) is 3.42. The lowest BCUT2D eigenvalue weighted by Gasteiger charge is -2.29. The minimum absolute atomic E-state index is 0.116. The van der Waals surface area contributed by atoms with Crippen LogP contribution in [0.25, 0.3) is 0 Å². The lowest BCUT2D eigenvalue weighted by Crippen LogP contribution is -2.44. The summed E-state index contributed by atoms with van der Waals surface area (Å²) in [5.41, 5.74) is 0.801. The third-order valence-corrected chi connectivity index (χ3v) is 6.00. The van der Waals surface area contributed by atoms with E-state index in [4.69, 9.17) is 14.3 Å². The summed E-state index contributed by atoms with van der Waals surface area (Å²) < 4.78 is 10.5. The fourth-order valence-electron chi connectivity index (χ4n) is 4.52. The third kappa shape index (κ3) is 4.54. The number of fused-ring (bicyclic) bond motifs is 2. The highest BCUT2D eigenvalue weighted by Gasteiger charge is 2.42. The average molecular weight is 374 g/mol. The zero-order chi connectivity index (χ0) is 19.4. The van der Waals surface area contributed by atoms with Gasteiger partial charge in [-0.2, -0.15) is 0 Å². The number of rotatable bonds is 8. The molecule has 0 spiro atoms. The van der Waals surface area contributed by atoms with Crippen LogP contribution in [0.4, 0.5) is 0 Å². The van der Waals surface area contributed by atoms with Gasteiger partial charge < -0.3 is 19.6 Å². The molecule has 6 nitrogen and oxygen atoms in total. The molecule has 2 bridgehead atoms. The molecule has 0 aliphatic heterocycles. The maximum Gasteiger partial charge on any atom is 0.263 e. The van der Waals surface area contributed by atoms with Gasteiger partial charge in [-0.05, 0) is 69.1 Å². The Balaban J connectivity index is 1.49. The van der Waals surface area contributed by atoms with Crippen LogP contribution in [0, 0.1) is 17.8 Å². The number of hydrogen-bond acceptors (Lipinski definition) is 5. The maximum atomic E-state index is 12.4. The summed E-state index contributed by atoms with van der Waals surface area (Å²) in [6.45, 7) is 3.83. The van der Waals surface area contributed by atoms with Gasteiger partial charge in [0.1, 0.15) is 0 Å². The summed E-state index contributed by atoms with van der Waals surface area (Å²) in [6, 6.07) is 5.63. The van der Waals surface area contributed by atoms with Crippen molar-refractivity contribution in [2.24, 2.45) is 22.9 Å². The Morgan fingerprint density at radius 2 is 1.96 bits per heavy atom. The van der Waals surface area contributed by atoms with Gasteiger partial charge in [-0.15, -0.1) is 0 Å². The predicted molar refractivity (Wildman–Crippen MR) is 104 cm³/mol. The zero-order valence-corrected chi connectivity index (χ0v) is 16.6. The molecule has 5 unspecified atom stereocenters. The van der Waals surface area contributed by atoms with Crippen LogP contribution >= 0.6 is 0 Å². The van der Waals surface area contributed by atoms with Crippen molar-refractivity contribution in [2.45, 2.75) is 51.7 Å². The highest BCUT2D eigenvalue weighted by Crippen LogP contribution is 2.49. The van der Waals surface area contributed by atoms with Crippen molar-refractivity contribution in [2.75, 3.05) is 14.2 Å². The molecule has 0 aromatic heterocycles. The largest absolute Gasteiger partial charge is 0.493 e. The summed E-state index contributed by atoms with van der Waals surface area (Å²) >= 11 is 0. The minimum Gasteiger partial charge on any atom is -0.493 e. The fraction of sp³-hybridized carbons (Fsp3) is 0.619. The number of carbonyl (C=O) groups excluding carboxylic acids is 1. The Kier molecular flexibility index (Phi) is 6.24. The molecule has 2 aliphatic carbocycles. The first-order valence-electron chi connectivity index (χ1n) is 9.73. The third-order valence-electron chi connectivity index (χ3n) is 6.00. The lowest BCUT2D eigenvalue weighted by atomic mass is 9.84. The molecule has 3 rings (SSSR count). The van der Waals surface area contributed by atoms with Crippen LogP contribution in [0.3, 0.4) is 0 Å². The van der Waals surface area contributed by atoms with E-state index in [0.29, 0.717) is 17.4 Å². The Bertz CT molecular complexity index is 691. The van der Waals surface area contributed by atoms with Crippen LogP contribution in [-0.2, 0) is 9.63 Å². The van der Waals surface area contributed by atoms with E-state index < -0.39 is 6.10 Å². The second-order valence-corrected chi connectivity index (χ2v) is 7.73. The fourth-order valence-corrected chi connectivity index (χ4v) is 4.52. The number of nitrogens with one attached hydrogen (secondary N) is 1. The Morgan fingerprint density at radius 1 is 1.19 bits per heavy atom. The van der Waals surface area contributed by atoms with E-state index in [1.807, 2.05) is 6.07 Å². The van der Waals surface area contributed by atoms with Crippen LogP contribution in [0.5, 0.6) is 11.5 Å². The molecular weight excluding hydrogens is 344 g/mol. The second kappa shape index (κ2) is 8.63. The number of hydrogen-bond donors (Lipinski definition) is 1. The van der Waals surface area contributed by atoms with Gasteiger partial charge in [0.15, 0.2) is 11.5 Å². The SMILES string of the molecule is COc1ccc(/C=N/OC(C)C(=O)NC(C)C2CC3CCC2C3)cc1OC. The molecule has 0 heterocycles. The minimum atomic E-state index is -0.637. The van der Waals surface area contributed by atoms with Crippen LogP contribution in [-0.4, -0.2) is 38.5 Å². The van der Waals surface area contributed by atoms with E-state index in [-0.39, 0.29) is 11.9 Å². The zero-order valence-electron chi connectivity index (χ0n) is 16.6. The summed E-state index contributed by atoms with van der Waals surface area (Å²) in [6.07, 6.45) is 6.20. The van der Waals surface area contributed by atoms with E-state index in [1.54, 1.807) is 39.5 Å². The van der Waals surface area contributed by atoms with Gasteiger partial charge in [0, 0.05) is 11.6 Å². The quantitative estimate of drug-likeness (QED) is 0.559. The molecule has 6 heteroatoms. The molecule has 1 aromatic carbocycles. The molecule has 1 N–H and O–H groups in total. The van der Waals surface area contributed by atoms with Gasteiger partial charge in [-0.3, -0.25) is 4.79 Å². The Morgan fingerprint density at radius 3 is 2.59 bits per heavy atom. The molecule has 2 fully saturated rings. The smallest absolute Gasteiger partial charge is 0.263 e. The van der Waals surface area contributed by atoms with Crippen molar-refractivity contribution in [3.63, 3.8) is 0 Å². The number of methoxy groups -OCH3 is 2. The van der Waals surface area contributed by atoms with Crippen LogP contribution in [0.1, 0.15) is 45.1 Å². The average Bonchev–Trinajstić information content (AvgIpc) is 3.31. The standard InChI is InChI=1S/C21H30N2O4/c1-13(18-10-15-5-7-17(18)9-15)23-21(24)14(2)27-22-12-16-6-8-19(25-3)20(11-16)26-4/h6,8,11-15,17-18H,5,7,9-10H2,1-4H3,(H,23,24)/b22-12+. The molecule has 1 amide bonds. The lowest BCUT2D eigenvalue weighted by molar-refractivity contribution is -0.132. The van der Waals surface area contributed by atoms with Crippen molar-refractivity contribution < 1.29 is 19.1 Å². The molecule has 5 atom stereocenters. The maximum absolute atomic E-state index is 12.4. The van der Waals surface area contributed by atoms with Crippen LogP contribution in [0.15, 0.2) is 23.4 Å². The van der Waals surface area contributed by atoms with Gasteiger partial charge >= 0.3 is 0 Å². The first-order chi connectivity index (χ1) is 13.0. The van der Waals surface area contributed by atoms with Crippen molar-refractivity contribution in [3.8, 4) is 11.5 Å². The summed E-state index contributed by atoms with van der Waals surface area (Å²) in [4.78, 5) is 17.7. The monoisotopic (exact) mass is 374 g/mol. The Hall–Kier alpha value is -2.24. The van der Waals surface area contributed by atoms with Crippen LogP contribution < -0.4 is 14.8 Å². The van der Waals surface area contributed by atoms with Gasteiger partial charge in [0.05, 0.1) is 20.4 Å². The molecule has 27 heavy (non-hydrogen) atoms. The van der Waals surface area contributed by atoms with E-state index in [9.17, 15) is 4.79 Å². The first-order valence-corrected chi connectivity index (χ1v) is 9.73. The number of oxime groups is 1. The second-order valence-electron chi connectivity index (χ2n) is 7.73. The number of benzene rings is 1. The van der Waals surface area contributed by atoms with Gasteiger partial charge in [-0.25, -0.2) is 0 Å². The number of ether oxygens (including phenoxy) is 2. The normalized spacial score (nSPS) is 26.0. The van der Waals surface area contributed by atoms with E-state index in [2.05, 4.69) is 17.4 Å². The van der Waals surface area contributed by atoms with Gasteiger partial charge in [0.25, 0.3) is 5.91 Å². The van der Waals surface area contributed by atoms with E-state index in [1.165, 1.54) is 25.7 Å². The molecule has 1 aromatic rings. The van der Waals surface area contributed by atoms with Crippen molar-refractivity contribution in [1.29, 1.82) is 0 Å². The van der Waals surface area contributed by atoms with Crippen molar-refractivity contribution >= 4 is 12.1 Å². The number of nitrogens with zero attached hydrogens (tertiary/aromatic N) is 1. The molecule has 0 radical (unpaired) electrons.